The van der Waals surface area contributed by atoms with Crippen LogP contribution in [0.1, 0.15) is 29.2 Å². The van der Waals surface area contributed by atoms with Crippen LogP contribution in [0.3, 0.4) is 0 Å². The molecule has 0 spiro atoms. The van der Waals surface area contributed by atoms with E-state index in [-0.39, 0.29) is 11.8 Å². The molecule has 1 amide bonds. The van der Waals surface area contributed by atoms with Crippen molar-refractivity contribution in [1.82, 2.24) is 24.6 Å². The van der Waals surface area contributed by atoms with Crippen molar-refractivity contribution >= 4 is 16.9 Å². The number of carbonyl (C=O) groups excluding carboxylic acids is 1. The van der Waals surface area contributed by atoms with Gasteiger partial charge in [0.05, 0.1) is 18.7 Å². The number of pyridine rings is 1. The van der Waals surface area contributed by atoms with Gasteiger partial charge in [-0.25, -0.2) is 9.67 Å². The zero-order valence-corrected chi connectivity index (χ0v) is 17.5. The van der Waals surface area contributed by atoms with E-state index in [0.717, 1.165) is 54.9 Å². The summed E-state index contributed by atoms with van der Waals surface area (Å²) < 4.78 is 2.02. The number of likely N-dealkylation sites (N-methyl/N-ethyl adjacent to an activating group) is 1. The molecule has 29 heavy (non-hydrogen) atoms. The molecule has 152 valence electrons. The van der Waals surface area contributed by atoms with Crippen molar-refractivity contribution in [3.8, 4) is 0 Å². The van der Waals surface area contributed by atoms with Gasteiger partial charge >= 0.3 is 0 Å². The number of rotatable bonds is 6. The molecule has 3 aromatic rings. The Balaban J connectivity index is 1.49. The smallest absolute Gasteiger partial charge is 0.227 e. The summed E-state index contributed by atoms with van der Waals surface area (Å²) in [5.74, 6) is 0.468. The first-order valence-electron chi connectivity index (χ1n) is 10.3. The quantitative estimate of drug-likeness (QED) is 0.648. The van der Waals surface area contributed by atoms with Crippen LogP contribution in [-0.4, -0.2) is 64.2 Å². The number of likely N-dealkylation sites (tertiary alicyclic amines) is 1. The second kappa shape index (κ2) is 8.33. The third-order valence-electron chi connectivity index (χ3n) is 5.70. The number of carbonyl (C=O) groups is 1. The Morgan fingerprint density at radius 1 is 1.21 bits per heavy atom. The molecule has 0 radical (unpaired) electrons. The van der Waals surface area contributed by atoms with Crippen molar-refractivity contribution in [2.24, 2.45) is 0 Å². The third-order valence-corrected chi connectivity index (χ3v) is 5.70. The number of hydrogen-bond donors (Lipinski definition) is 0. The van der Waals surface area contributed by atoms with Crippen LogP contribution in [0.5, 0.6) is 0 Å². The normalized spacial score (nSPS) is 16.8. The Morgan fingerprint density at radius 3 is 2.76 bits per heavy atom. The number of amides is 1. The second-order valence-electron chi connectivity index (χ2n) is 8.27. The molecule has 6 nitrogen and oxygen atoms in total. The highest BCUT2D eigenvalue weighted by Gasteiger charge is 2.30. The molecule has 1 fully saturated rings. The summed E-state index contributed by atoms with van der Waals surface area (Å²) in [5.41, 5.74) is 4.31. The Bertz CT molecular complexity index is 992. The largest absolute Gasteiger partial charge is 0.342 e. The Kier molecular flexibility index (Phi) is 5.62. The highest BCUT2D eigenvalue weighted by Crippen LogP contribution is 2.31. The van der Waals surface area contributed by atoms with Crippen molar-refractivity contribution in [2.75, 3.05) is 33.7 Å². The van der Waals surface area contributed by atoms with E-state index in [1.54, 1.807) is 0 Å². The lowest BCUT2D eigenvalue weighted by Gasteiger charge is -2.16. The van der Waals surface area contributed by atoms with E-state index in [0.29, 0.717) is 6.42 Å². The van der Waals surface area contributed by atoms with E-state index in [1.807, 2.05) is 34.0 Å². The molecule has 1 aromatic carbocycles. The van der Waals surface area contributed by atoms with E-state index in [2.05, 4.69) is 49.1 Å². The standard InChI is InChI=1S/C23H29N5O/c1-17-6-8-18(9-7-17)15-21(29)27-12-10-19(16-27)22-20-5-4-11-24-23(20)28(25-22)14-13-26(2)3/h4-9,11,19H,10,12-16H2,1-3H3. The first-order valence-corrected chi connectivity index (χ1v) is 10.3. The summed E-state index contributed by atoms with van der Waals surface area (Å²) in [7, 11) is 4.13. The second-order valence-corrected chi connectivity index (χ2v) is 8.27. The van der Waals surface area contributed by atoms with Crippen molar-refractivity contribution in [1.29, 1.82) is 0 Å². The molecular weight excluding hydrogens is 362 g/mol. The maximum Gasteiger partial charge on any atom is 0.227 e. The first kappa shape index (κ1) is 19.6. The highest BCUT2D eigenvalue weighted by atomic mass is 16.2. The summed E-state index contributed by atoms with van der Waals surface area (Å²) in [6.45, 7) is 5.32. The van der Waals surface area contributed by atoms with Crippen LogP contribution in [-0.2, 0) is 17.8 Å². The van der Waals surface area contributed by atoms with Gasteiger partial charge < -0.3 is 9.80 Å². The lowest BCUT2D eigenvalue weighted by atomic mass is 10.0. The summed E-state index contributed by atoms with van der Waals surface area (Å²) in [5, 5.41) is 6.04. The highest BCUT2D eigenvalue weighted by molar-refractivity contribution is 5.81. The fourth-order valence-electron chi connectivity index (χ4n) is 3.99. The first-order chi connectivity index (χ1) is 14.0. The maximum absolute atomic E-state index is 12.8. The average molecular weight is 392 g/mol. The van der Waals surface area contributed by atoms with Gasteiger partial charge in [-0.15, -0.1) is 0 Å². The van der Waals surface area contributed by atoms with Crippen LogP contribution in [0.25, 0.3) is 11.0 Å². The molecule has 6 heteroatoms. The lowest BCUT2D eigenvalue weighted by Crippen LogP contribution is -2.29. The van der Waals surface area contributed by atoms with Gasteiger partial charge in [0.15, 0.2) is 5.65 Å². The summed E-state index contributed by atoms with van der Waals surface area (Å²) in [6, 6.07) is 12.3. The zero-order chi connectivity index (χ0) is 20.4. The molecule has 1 saturated heterocycles. The fraction of sp³-hybridized carbons (Fsp3) is 0.435. The minimum atomic E-state index is 0.200. The average Bonchev–Trinajstić information content (AvgIpc) is 3.33. The molecule has 2 aromatic heterocycles. The van der Waals surface area contributed by atoms with Crippen molar-refractivity contribution in [3.63, 3.8) is 0 Å². The van der Waals surface area contributed by atoms with Gasteiger partial charge in [0.2, 0.25) is 5.91 Å². The van der Waals surface area contributed by atoms with Crippen LogP contribution in [0.4, 0.5) is 0 Å². The Labute approximate surface area is 172 Å². The van der Waals surface area contributed by atoms with Gasteiger partial charge in [0.25, 0.3) is 0 Å². The number of fused-ring (bicyclic) bond motifs is 1. The van der Waals surface area contributed by atoms with Crippen LogP contribution in [0.2, 0.25) is 0 Å². The van der Waals surface area contributed by atoms with Gasteiger partial charge in [-0.2, -0.15) is 5.10 Å². The number of aromatic nitrogens is 3. The number of aryl methyl sites for hydroxylation is 1. The van der Waals surface area contributed by atoms with Crippen molar-refractivity contribution < 1.29 is 4.79 Å². The number of benzene rings is 1. The summed E-state index contributed by atoms with van der Waals surface area (Å²) in [4.78, 5) is 21.5. The lowest BCUT2D eigenvalue weighted by molar-refractivity contribution is -0.129. The summed E-state index contributed by atoms with van der Waals surface area (Å²) >= 11 is 0. The monoisotopic (exact) mass is 391 g/mol. The molecule has 0 aliphatic carbocycles. The Hall–Kier alpha value is -2.73. The topological polar surface area (TPSA) is 54.3 Å². The summed E-state index contributed by atoms with van der Waals surface area (Å²) in [6.07, 6.45) is 3.24. The van der Waals surface area contributed by atoms with Crippen molar-refractivity contribution in [2.45, 2.75) is 32.2 Å². The predicted molar refractivity (Wildman–Crippen MR) is 115 cm³/mol. The van der Waals surface area contributed by atoms with Crippen molar-refractivity contribution in [3.05, 3.63) is 59.4 Å². The van der Waals surface area contributed by atoms with Crippen LogP contribution in [0, 0.1) is 6.92 Å². The number of nitrogens with zero attached hydrogens (tertiary/aromatic N) is 5. The van der Waals surface area contributed by atoms with Gasteiger partial charge in [-0.3, -0.25) is 4.79 Å². The van der Waals surface area contributed by atoms with E-state index < -0.39 is 0 Å². The molecule has 1 aliphatic heterocycles. The van der Waals surface area contributed by atoms with Gasteiger partial charge in [-0.05, 0) is 45.1 Å². The molecular formula is C23H29N5O. The minimum Gasteiger partial charge on any atom is -0.342 e. The zero-order valence-electron chi connectivity index (χ0n) is 17.5. The van der Waals surface area contributed by atoms with Crippen LogP contribution >= 0.6 is 0 Å². The van der Waals surface area contributed by atoms with Crippen LogP contribution < -0.4 is 0 Å². The maximum atomic E-state index is 12.8. The molecule has 1 unspecified atom stereocenters. The molecule has 0 bridgehead atoms. The fourth-order valence-corrected chi connectivity index (χ4v) is 3.99. The molecule has 4 rings (SSSR count). The SMILES string of the molecule is Cc1ccc(CC(=O)N2CCC(c3nn(CCN(C)C)c4ncccc34)C2)cc1. The van der Waals surface area contributed by atoms with Gasteiger partial charge in [0.1, 0.15) is 0 Å². The Morgan fingerprint density at radius 2 is 2.00 bits per heavy atom. The molecule has 0 saturated carbocycles. The predicted octanol–water partition coefficient (Wildman–Crippen LogP) is 2.86. The number of hydrogen-bond acceptors (Lipinski definition) is 4. The minimum absolute atomic E-state index is 0.200. The molecule has 3 heterocycles. The van der Waals surface area contributed by atoms with E-state index in [9.17, 15) is 4.79 Å². The molecule has 1 atom stereocenters. The van der Waals surface area contributed by atoms with Crippen LogP contribution in [0.15, 0.2) is 42.6 Å². The van der Waals surface area contributed by atoms with E-state index in [1.165, 1.54) is 5.56 Å². The molecule has 1 aliphatic rings. The molecule has 0 N–H and O–H groups in total. The third kappa shape index (κ3) is 4.32. The van der Waals surface area contributed by atoms with E-state index in [4.69, 9.17) is 5.10 Å². The van der Waals surface area contributed by atoms with E-state index >= 15 is 0 Å². The van der Waals surface area contributed by atoms with Gasteiger partial charge in [-0.1, -0.05) is 29.8 Å². The van der Waals surface area contributed by atoms with Gasteiger partial charge in [0, 0.05) is 37.1 Å².